The van der Waals surface area contributed by atoms with Gasteiger partial charge >= 0.3 is 0 Å². The summed E-state index contributed by atoms with van der Waals surface area (Å²) in [6.07, 6.45) is 4.68. The molecule has 0 saturated heterocycles. The maximum absolute atomic E-state index is 2.38. The molecule has 0 heterocycles. The first-order valence-corrected chi connectivity index (χ1v) is 6.99. The van der Waals surface area contributed by atoms with Crippen molar-refractivity contribution in [1.29, 1.82) is 0 Å². The van der Waals surface area contributed by atoms with Gasteiger partial charge in [-0.15, -0.1) is 0 Å². The van der Waals surface area contributed by atoms with Crippen molar-refractivity contribution < 1.29 is 0 Å². The second-order valence-electron chi connectivity index (χ2n) is 5.27. The molecule has 0 aromatic heterocycles. The van der Waals surface area contributed by atoms with Crippen molar-refractivity contribution in [3.63, 3.8) is 0 Å². The molecule has 0 amide bonds. The maximum Gasteiger partial charge on any atom is 0.0367 e. The largest absolute Gasteiger partial charge is 0.378 e. The molecular formula is C17H27N. The number of allylic oxidation sites excluding steroid dienone is 2. The average Bonchev–Trinajstić information content (AvgIpc) is 2.35. The standard InChI is InChI=1S/C17H27N/c1-7-9-16(13(3)8-2)17-12-15(18(5)6)11-10-14(17)4/h9-13H,7-8H2,1-6H3/b16-9-. The third-order valence-corrected chi connectivity index (χ3v) is 3.62. The molecule has 0 saturated carbocycles. The Balaban J connectivity index is 3.27. The molecule has 1 unspecified atom stereocenters. The summed E-state index contributed by atoms with van der Waals surface area (Å²) in [7, 11) is 4.20. The molecule has 1 aromatic carbocycles. The van der Waals surface area contributed by atoms with E-state index in [0.29, 0.717) is 5.92 Å². The summed E-state index contributed by atoms with van der Waals surface area (Å²) in [6, 6.07) is 6.75. The molecule has 1 aromatic rings. The van der Waals surface area contributed by atoms with E-state index in [2.05, 4.69) is 71.0 Å². The number of hydrogen-bond donors (Lipinski definition) is 0. The van der Waals surface area contributed by atoms with Gasteiger partial charge in [-0.1, -0.05) is 32.9 Å². The Morgan fingerprint density at radius 1 is 1.28 bits per heavy atom. The van der Waals surface area contributed by atoms with Crippen molar-refractivity contribution in [2.75, 3.05) is 19.0 Å². The fraction of sp³-hybridized carbons (Fsp3) is 0.529. The summed E-state index contributed by atoms with van der Waals surface area (Å²) in [5.41, 5.74) is 5.57. The Morgan fingerprint density at radius 3 is 2.44 bits per heavy atom. The number of rotatable bonds is 5. The van der Waals surface area contributed by atoms with Gasteiger partial charge in [-0.2, -0.15) is 0 Å². The highest BCUT2D eigenvalue weighted by atomic mass is 15.1. The van der Waals surface area contributed by atoms with Gasteiger partial charge in [0.1, 0.15) is 0 Å². The van der Waals surface area contributed by atoms with E-state index in [1.54, 1.807) is 0 Å². The summed E-state index contributed by atoms with van der Waals surface area (Å²) in [4.78, 5) is 2.17. The van der Waals surface area contributed by atoms with Gasteiger partial charge in [0.2, 0.25) is 0 Å². The molecule has 1 atom stereocenters. The van der Waals surface area contributed by atoms with Gasteiger partial charge in [0, 0.05) is 19.8 Å². The molecule has 0 aliphatic carbocycles. The predicted molar refractivity (Wildman–Crippen MR) is 83.2 cm³/mol. The van der Waals surface area contributed by atoms with E-state index in [4.69, 9.17) is 0 Å². The van der Waals surface area contributed by atoms with Gasteiger partial charge in [-0.25, -0.2) is 0 Å². The first-order valence-electron chi connectivity index (χ1n) is 6.99. The third-order valence-electron chi connectivity index (χ3n) is 3.62. The molecule has 0 radical (unpaired) electrons. The van der Waals surface area contributed by atoms with Crippen LogP contribution in [0.5, 0.6) is 0 Å². The van der Waals surface area contributed by atoms with Crippen molar-refractivity contribution in [3.05, 3.63) is 35.4 Å². The molecule has 0 aliphatic rings. The molecule has 1 rings (SSSR count). The van der Waals surface area contributed by atoms with Crippen molar-refractivity contribution in [1.82, 2.24) is 0 Å². The lowest BCUT2D eigenvalue weighted by atomic mass is 9.88. The second kappa shape index (κ2) is 6.63. The Hall–Kier alpha value is -1.24. The van der Waals surface area contributed by atoms with E-state index < -0.39 is 0 Å². The Morgan fingerprint density at radius 2 is 1.94 bits per heavy atom. The lowest BCUT2D eigenvalue weighted by molar-refractivity contribution is 0.715. The van der Waals surface area contributed by atoms with Gasteiger partial charge in [0.05, 0.1) is 0 Å². The normalized spacial score (nSPS) is 13.6. The Kier molecular flexibility index (Phi) is 5.46. The third kappa shape index (κ3) is 3.38. The molecule has 0 spiro atoms. The molecular weight excluding hydrogens is 218 g/mol. The van der Waals surface area contributed by atoms with Crippen molar-refractivity contribution in [2.45, 2.75) is 40.5 Å². The van der Waals surface area contributed by atoms with Crippen LogP contribution in [-0.4, -0.2) is 14.1 Å². The van der Waals surface area contributed by atoms with E-state index in [0.717, 1.165) is 6.42 Å². The summed E-state index contributed by atoms with van der Waals surface area (Å²) in [6.45, 7) is 9.01. The quantitative estimate of drug-likeness (QED) is 0.713. The molecule has 18 heavy (non-hydrogen) atoms. The van der Waals surface area contributed by atoms with Crippen LogP contribution < -0.4 is 4.90 Å². The summed E-state index contributed by atoms with van der Waals surface area (Å²) in [5.74, 6) is 0.626. The predicted octanol–water partition coefficient (Wildman–Crippen LogP) is 4.90. The van der Waals surface area contributed by atoms with Crippen LogP contribution in [0, 0.1) is 12.8 Å². The maximum atomic E-state index is 2.38. The molecule has 0 aliphatic heterocycles. The molecule has 1 nitrogen and oxygen atoms in total. The van der Waals surface area contributed by atoms with Crippen LogP contribution in [0.15, 0.2) is 24.3 Å². The summed E-state index contributed by atoms with van der Waals surface area (Å²) in [5, 5.41) is 0. The zero-order chi connectivity index (χ0) is 13.7. The molecule has 0 bridgehead atoms. The minimum atomic E-state index is 0.626. The number of aryl methyl sites for hydroxylation is 1. The van der Waals surface area contributed by atoms with Gasteiger partial charge in [0.15, 0.2) is 0 Å². The SMILES string of the molecule is CC/C=C(\c1cc(N(C)C)ccc1C)C(C)CC. The van der Waals surface area contributed by atoms with Crippen LogP contribution >= 0.6 is 0 Å². The van der Waals surface area contributed by atoms with Crippen LogP contribution in [-0.2, 0) is 0 Å². The minimum absolute atomic E-state index is 0.626. The Bertz CT molecular complexity index is 416. The topological polar surface area (TPSA) is 3.24 Å². The lowest BCUT2D eigenvalue weighted by Crippen LogP contribution is -2.09. The number of nitrogens with zero attached hydrogens (tertiary/aromatic N) is 1. The second-order valence-corrected chi connectivity index (χ2v) is 5.27. The van der Waals surface area contributed by atoms with Crippen LogP contribution in [0.25, 0.3) is 5.57 Å². The fourth-order valence-corrected chi connectivity index (χ4v) is 2.22. The van der Waals surface area contributed by atoms with Crippen molar-refractivity contribution >= 4 is 11.3 Å². The van der Waals surface area contributed by atoms with Crippen molar-refractivity contribution in [3.8, 4) is 0 Å². The highest BCUT2D eigenvalue weighted by Gasteiger charge is 2.12. The smallest absolute Gasteiger partial charge is 0.0367 e. The van der Waals surface area contributed by atoms with Crippen molar-refractivity contribution in [2.24, 2.45) is 5.92 Å². The van der Waals surface area contributed by atoms with Gasteiger partial charge in [-0.3, -0.25) is 0 Å². The van der Waals surface area contributed by atoms with Gasteiger partial charge in [-0.05, 0) is 54.5 Å². The van der Waals surface area contributed by atoms with Gasteiger partial charge < -0.3 is 4.90 Å². The molecule has 0 N–H and O–H groups in total. The van der Waals surface area contributed by atoms with E-state index >= 15 is 0 Å². The lowest BCUT2D eigenvalue weighted by Gasteiger charge is -2.20. The fourth-order valence-electron chi connectivity index (χ4n) is 2.22. The Labute approximate surface area is 113 Å². The highest BCUT2D eigenvalue weighted by molar-refractivity contribution is 5.72. The number of hydrogen-bond acceptors (Lipinski definition) is 1. The summed E-state index contributed by atoms with van der Waals surface area (Å²) < 4.78 is 0. The molecule has 100 valence electrons. The van der Waals surface area contributed by atoms with Crippen LogP contribution in [0.3, 0.4) is 0 Å². The first-order chi connectivity index (χ1) is 8.51. The first kappa shape index (κ1) is 14.8. The zero-order valence-corrected chi connectivity index (χ0v) is 12.7. The summed E-state index contributed by atoms with van der Waals surface area (Å²) >= 11 is 0. The molecule has 0 fully saturated rings. The van der Waals surface area contributed by atoms with Crippen LogP contribution in [0.2, 0.25) is 0 Å². The van der Waals surface area contributed by atoms with E-state index in [9.17, 15) is 0 Å². The van der Waals surface area contributed by atoms with Gasteiger partial charge in [0.25, 0.3) is 0 Å². The van der Waals surface area contributed by atoms with Crippen LogP contribution in [0.4, 0.5) is 5.69 Å². The minimum Gasteiger partial charge on any atom is -0.378 e. The average molecular weight is 245 g/mol. The van der Waals surface area contributed by atoms with E-state index in [1.807, 2.05) is 0 Å². The number of benzene rings is 1. The number of anilines is 1. The van der Waals surface area contributed by atoms with E-state index in [1.165, 1.54) is 28.8 Å². The van der Waals surface area contributed by atoms with E-state index in [-0.39, 0.29) is 0 Å². The zero-order valence-electron chi connectivity index (χ0n) is 12.7. The molecule has 1 heteroatoms. The monoisotopic (exact) mass is 245 g/mol. The highest BCUT2D eigenvalue weighted by Crippen LogP contribution is 2.31. The van der Waals surface area contributed by atoms with Crippen LogP contribution in [0.1, 0.15) is 44.7 Å².